The molecule has 1 aromatic carbocycles. The molecule has 0 aliphatic carbocycles. The molecule has 0 bridgehead atoms. The van der Waals surface area contributed by atoms with Gasteiger partial charge in [-0.05, 0) is 70.6 Å². The minimum atomic E-state index is -1.11. The minimum Gasteiger partial charge on any atom is -0.497 e. The van der Waals surface area contributed by atoms with E-state index in [2.05, 4.69) is 18.8 Å². The van der Waals surface area contributed by atoms with Gasteiger partial charge < -0.3 is 38.4 Å². The molecule has 3 aliphatic rings. The summed E-state index contributed by atoms with van der Waals surface area (Å²) in [4.78, 5) is 26.4. The fourth-order valence-electron chi connectivity index (χ4n) is 6.27. The van der Waals surface area contributed by atoms with Gasteiger partial charge in [-0.3, -0.25) is 4.79 Å². The maximum absolute atomic E-state index is 13.0. The summed E-state index contributed by atoms with van der Waals surface area (Å²) in [6.45, 7) is 8.13. The summed E-state index contributed by atoms with van der Waals surface area (Å²) >= 11 is 1.25. The molecule has 11 heteroatoms. The molecule has 2 unspecified atom stereocenters. The first-order valence-electron chi connectivity index (χ1n) is 16.0. The number of aliphatic hydroxyl groups excluding tert-OH is 1. The number of nitrogens with zero attached hydrogens (tertiary/aromatic N) is 1. The number of allylic oxidation sites excluding steroid dienone is 1. The first kappa shape index (κ1) is 36.2. The Morgan fingerprint density at radius 3 is 2.59 bits per heavy atom. The molecule has 3 saturated heterocycles. The van der Waals surface area contributed by atoms with Crippen LogP contribution >= 0.6 is 11.8 Å². The fraction of sp³-hybridized carbons (Fsp3) is 0.657. The molecular weight excluding hydrogens is 610 g/mol. The van der Waals surface area contributed by atoms with E-state index < -0.39 is 17.7 Å². The van der Waals surface area contributed by atoms with Crippen LogP contribution in [-0.2, 0) is 35.0 Å². The normalized spacial score (nSPS) is 30.1. The van der Waals surface area contributed by atoms with Crippen LogP contribution in [0.1, 0.15) is 71.8 Å². The monoisotopic (exact) mass is 659 g/mol. The molecule has 46 heavy (non-hydrogen) atoms. The number of benzene rings is 1. The van der Waals surface area contributed by atoms with E-state index in [9.17, 15) is 14.7 Å². The average Bonchev–Trinajstić information content (AvgIpc) is 3.55. The quantitative estimate of drug-likeness (QED) is 0.177. The van der Waals surface area contributed by atoms with Gasteiger partial charge in [0, 0.05) is 37.8 Å². The molecule has 3 heterocycles. The van der Waals surface area contributed by atoms with Crippen molar-refractivity contribution in [1.82, 2.24) is 4.90 Å². The maximum Gasteiger partial charge on any atom is 0.330 e. The van der Waals surface area contributed by atoms with Crippen molar-refractivity contribution >= 4 is 23.0 Å². The molecule has 0 aromatic heterocycles. The van der Waals surface area contributed by atoms with Crippen LogP contribution in [0.5, 0.6) is 5.75 Å². The van der Waals surface area contributed by atoms with Crippen molar-refractivity contribution in [2.24, 2.45) is 5.92 Å². The number of carbonyl (C=O) groups is 2. The van der Waals surface area contributed by atoms with E-state index in [0.717, 1.165) is 23.3 Å². The largest absolute Gasteiger partial charge is 0.497 e. The lowest BCUT2D eigenvalue weighted by atomic mass is 9.90. The van der Waals surface area contributed by atoms with Gasteiger partial charge in [0.2, 0.25) is 0 Å². The number of aliphatic hydroxyl groups is 1. The number of ether oxygens (including phenoxy) is 6. The molecule has 254 valence electrons. The van der Waals surface area contributed by atoms with Crippen LogP contribution in [0.3, 0.4) is 0 Å². The van der Waals surface area contributed by atoms with Gasteiger partial charge in [0.05, 0.1) is 38.6 Å². The summed E-state index contributed by atoms with van der Waals surface area (Å²) in [5.41, 5.74) is 1.88. The Hall–Kier alpha value is -2.59. The summed E-state index contributed by atoms with van der Waals surface area (Å²) in [6.07, 6.45) is 3.57. The molecule has 4 rings (SSSR count). The number of hydrogen-bond acceptors (Lipinski definition) is 10. The van der Waals surface area contributed by atoms with E-state index in [1.54, 1.807) is 19.1 Å². The van der Waals surface area contributed by atoms with Crippen molar-refractivity contribution in [3.05, 3.63) is 41.5 Å². The van der Waals surface area contributed by atoms with Crippen molar-refractivity contribution < 1.29 is 43.1 Å². The molecule has 1 amide bonds. The predicted octanol–water partition coefficient (Wildman–Crippen LogP) is 5.45. The van der Waals surface area contributed by atoms with Gasteiger partial charge in [-0.1, -0.05) is 48.2 Å². The minimum absolute atomic E-state index is 0.0319. The number of amides is 1. The van der Waals surface area contributed by atoms with E-state index in [-0.39, 0.29) is 47.9 Å². The molecule has 3 aliphatic heterocycles. The molecule has 1 N–H and O–H groups in total. The third-order valence-corrected chi connectivity index (χ3v) is 9.69. The number of thioether (sulfide) groups is 1. The van der Waals surface area contributed by atoms with Crippen LogP contribution in [-0.4, -0.2) is 90.3 Å². The van der Waals surface area contributed by atoms with Gasteiger partial charge in [0.1, 0.15) is 11.9 Å². The fourth-order valence-corrected chi connectivity index (χ4v) is 7.36. The van der Waals surface area contributed by atoms with Gasteiger partial charge in [-0.2, -0.15) is 0 Å². The lowest BCUT2D eigenvalue weighted by molar-refractivity contribution is -0.305. The van der Waals surface area contributed by atoms with Crippen molar-refractivity contribution in [3.8, 4) is 17.6 Å². The molecular formula is C35H49NO9S. The van der Waals surface area contributed by atoms with Crippen molar-refractivity contribution in [2.45, 2.75) is 115 Å². The SMILES string of the molecule is COC(=O)/C=C(\C)CC[C@@H]1OC(C)(C)O[C@H]1C#C[C@@H](C)CCC1C[C@@H](O)C[C@@](OC)(C2CSC(=O)N2Cc2ccc(OC)cc2)O1. The third-order valence-electron chi connectivity index (χ3n) is 8.73. The number of esters is 1. The van der Waals surface area contributed by atoms with E-state index in [0.29, 0.717) is 38.0 Å². The number of carbonyl (C=O) groups excluding carboxylic acids is 2. The zero-order valence-corrected chi connectivity index (χ0v) is 28.9. The zero-order valence-electron chi connectivity index (χ0n) is 28.1. The second-order valence-electron chi connectivity index (χ2n) is 12.8. The first-order valence-corrected chi connectivity index (χ1v) is 16.9. The van der Waals surface area contributed by atoms with Gasteiger partial charge in [0.25, 0.3) is 5.24 Å². The number of methoxy groups -OCH3 is 3. The molecule has 10 nitrogen and oxygen atoms in total. The van der Waals surface area contributed by atoms with E-state index in [1.807, 2.05) is 45.0 Å². The molecule has 1 aromatic rings. The Bertz CT molecular complexity index is 1290. The summed E-state index contributed by atoms with van der Waals surface area (Å²) in [7, 11) is 4.58. The summed E-state index contributed by atoms with van der Waals surface area (Å²) in [5, 5.41) is 10.9. The Balaban J connectivity index is 1.37. The predicted molar refractivity (Wildman–Crippen MR) is 175 cm³/mol. The maximum atomic E-state index is 13.0. The van der Waals surface area contributed by atoms with Gasteiger partial charge in [0.15, 0.2) is 11.6 Å². The number of hydrogen-bond donors (Lipinski definition) is 1. The Morgan fingerprint density at radius 1 is 1.17 bits per heavy atom. The van der Waals surface area contributed by atoms with E-state index >= 15 is 0 Å². The van der Waals surface area contributed by atoms with Crippen molar-refractivity contribution in [1.29, 1.82) is 0 Å². The molecule has 7 atom stereocenters. The topological polar surface area (TPSA) is 113 Å². The van der Waals surface area contributed by atoms with Gasteiger partial charge in [-0.25, -0.2) is 4.79 Å². The highest BCUT2D eigenvalue weighted by Gasteiger charge is 2.53. The summed E-state index contributed by atoms with van der Waals surface area (Å²) < 4.78 is 34.9. The van der Waals surface area contributed by atoms with E-state index in [1.165, 1.54) is 24.9 Å². The highest BCUT2D eigenvalue weighted by Crippen LogP contribution is 2.42. The third kappa shape index (κ3) is 9.49. The lowest BCUT2D eigenvalue weighted by Crippen LogP contribution is -2.60. The standard InChI is InChI=1S/C35H49NO9S/c1-23(9-16-29-30(45-34(3,4)44-29)17-10-24(2)18-32(38)41-6)8-13-28-19-26(37)20-35(42-7,43-28)31-22-46-33(39)36(31)21-25-11-14-27(40-5)15-12-25/h11-12,14-15,18,23,26,28-31,37H,8,10,13,17,19-22H2,1-7H3/b24-18+/t23-,26+,28?,29-,30-,31?,35-/m0/s1. The Labute approximate surface area is 277 Å². The smallest absolute Gasteiger partial charge is 0.330 e. The zero-order chi connectivity index (χ0) is 33.5. The lowest BCUT2D eigenvalue weighted by Gasteiger charge is -2.47. The van der Waals surface area contributed by atoms with Gasteiger partial charge in [-0.15, -0.1) is 0 Å². The second kappa shape index (κ2) is 16.0. The van der Waals surface area contributed by atoms with Crippen LogP contribution in [0.2, 0.25) is 0 Å². The van der Waals surface area contributed by atoms with E-state index in [4.69, 9.17) is 28.4 Å². The van der Waals surface area contributed by atoms with Gasteiger partial charge >= 0.3 is 5.97 Å². The van der Waals surface area contributed by atoms with Crippen molar-refractivity contribution in [3.63, 3.8) is 0 Å². The summed E-state index contributed by atoms with van der Waals surface area (Å²) in [5.74, 6) is 5.73. The van der Waals surface area contributed by atoms with Crippen LogP contribution < -0.4 is 4.74 Å². The average molecular weight is 660 g/mol. The Morgan fingerprint density at radius 2 is 1.91 bits per heavy atom. The first-order chi connectivity index (χ1) is 21.9. The van der Waals surface area contributed by atoms with Crippen LogP contribution in [0.25, 0.3) is 0 Å². The Kier molecular flexibility index (Phi) is 12.6. The molecule has 0 spiro atoms. The highest BCUT2D eigenvalue weighted by atomic mass is 32.2. The highest BCUT2D eigenvalue weighted by molar-refractivity contribution is 8.13. The molecule has 0 radical (unpaired) electrons. The van der Waals surface area contributed by atoms with Crippen LogP contribution in [0, 0.1) is 17.8 Å². The van der Waals surface area contributed by atoms with Crippen LogP contribution in [0.15, 0.2) is 35.9 Å². The molecule has 3 fully saturated rings. The number of rotatable bonds is 12. The summed E-state index contributed by atoms with van der Waals surface area (Å²) in [6, 6.07) is 7.30. The van der Waals surface area contributed by atoms with Crippen LogP contribution in [0.4, 0.5) is 4.79 Å². The van der Waals surface area contributed by atoms with Crippen molar-refractivity contribution in [2.75, 3.05) is 27.1 Å². The molecule has 0 saturated carbocycles. The second-order valence-corrected chi connectivity index (χ2v) is 13.8.